The van der Waals surface area contributed by atoms with E-state index in [1.807, 2.05) is 12.1 Å². The van der Waals surface area contributed by atoms with E-state index in [0.717, 1.165) is 110 Å². The molecule has 6 rings (SSSR count). The SMILES string of the molecule is COC(=O)c1c2cc(-c3cc4c(C(=O)OC)c(C(=O)OC)c3CCCCCCCCCC4)c(c1C(=O)OC)CCCCCCCCCC2. The van der Waals surface area contributed by atoms with Crippen molar-refractivity contribution in [2.75, 3.05) is 28.4 Å². The molecular formula is C40H54O8. The highest BCUT2D eigenvalue weighted by Crippen LogP contribution is 2.41. The maximum absolute atomic E-state index is 13.8. The van der Waals surface area contributed by atoms with E-state index in [9.17, 15) is 19.2 Å². The molecule has 48 heavy (non-hydrogen) atoms. The molecular weight excluding hydrogens is 608 g/mol. The Morgan fingerprint density at radius 2 is 0.625 bits per heavy atom. The van der Waals surface area contributed by atoms with Gasteiger partial charge in [0.05, 0.1) is 50.7 Å². The average Bonchev–Trinajstić information content (AvgIpc) is 3.11. The first kappa shape index (κ1) is 37.1. The number of ether oxygens (including phenoxy) is 4. The number of hydrogen-bond donors (Lipinski definition) is 0. The standard InChI is InChI=1S/C40H54O8/c1-45-37(41)33-27-21-17-13-9-5-7-11-15-19-23-29(35(33)39(43)47-3)31(25-27)32-26-28-22-18-14-10-6-8-12-16-20-24-30(32)36(40(44)48-4)34(28)38(42)46-2/h25-26H,5-24H2,1-4H3. The van der Waals surface area contributed by atoms with Crippen molar-refractivity contribution in [3.63, 3.8) is 0 Å². The zero-order valence-corrected chi connectivity index (χ0v) is 29.6. The molecule has 0 saturated carbocycles. The lowest BCUT2D eigenvalue weighted by molar-refractivity contribution is 0.0552. The predicted molar refractivity (Wildman–Crippen MR) is 186 cm³/mol. The molecule has 0 saturated heterocycles. The van der Waals surface area contributed by atoms with Gasteiger partial charge in [-0.1, -0.05) is 77.0 Å². The molecule has 0 atom stereocenters. The summed E-state index contributed by atoms with van der Waals surface area (Å²) < 4.78 is 21.3. The van der Waals surface area contributed by atoms with Gasteiger partial charge in [-0.3, -0.25) is 0 Å². The van der Waals surface area contributed by atoms with Crippen LogP contribution in [-0.4, -0.2) is 52.3 Å². The highest BCUT2D eigenvalue weighted by atomic mass is 16.5. The van der Waals surface area contributed by atoms with Crippen molar-refractivity contribution in [3.05, 3.63) is 56.6 Å². The second kappa shape index (κ2) is 18.8. The first-order chi connectivity index (χ1) is 23.4. The quantitative estimate of drug-likeness (QED) is 0.231. The van der Waals surface area contributed by atoms with Crippen LogP contribution < -0.4 is 0 Å². The molecule has 0 radical (unpaired) electrons. The molecule has 0 spiro atoms. The summed E-state index contributed by atoms with van der Waals surface area (Å²) >= 11 is 0. The van der Waals surface area contributed by atoms with Gasteiger partial charge in [-0.2, -0.15) is 0 Å². The highest BCUT2D eigenvalue weighted by molar-refractivity contribution is 6.09. The van der Waals surface area contributed by atoms with Crippen LogP contribution in [0.1, 0.15) is 166 Å². The number of carbonyl (C=O) groups is 4. The van der Waals surface area contributed by atoms with Gasteiger partial charge in [-0.05, 0) is 96.9 Å². The molecule has 0 fully saturated rings. The third-order valence-corrected chi connectivity index (χ3v) is 10.1. The monoisotopic (exact) mass is 662 g/mol. The van der Waals surface area contributed by atoms with Crippen LogP contribution in [0.25, 0.3) is 11.1 Å². The van der Waals surface area contributed by atoms with E-state index >= 15 is 0 Å². The maximum Gasteiger partial charge on any atom is 0.339 e. The summed E-state index contributed by atoms with van der Waals surface area (Å²) in [6.45, 7) is 0. The van der Waals surface area contributed by atoms with E-state index in [4.69, 9.17) is 18.9 Å². The molecule has 8 heteroatoms. The van der Waals surface area contributed by atoms with Gasteiger partial charge < -0.3 is 18.9 Å². The van der Waals surface area contributed by atoms with Gasteiger partial charge in [0.1, 0.15) is 0 Å². The molecule has 0 unspecified atom stereocenters. The number of methoxy groups -OCH3 is 4. The van der Waals surface area contributed by atoms with Crippen molar-refractivity contribution in [3.8, 4) is 11.1 Å². The number of aryl methyl sites for hydroxylation is 2. The second-order valence-corrected chi connectivity index (χ2v) is 13.2. The van der Waals surface area contributed by atoms with Crippen LogP contribution in [0.5, 0.6) is 0 Å². The Morgan fingerprint density at radius 1 is 0.375 bits per heavy atom. The first-order valence-corrected chi connectivity index (χ1v) is 18.1. The average molecular weight is 663 g/mol. The Bertz CT molecular complexity index is 1350. The van der Waals surface area contributed by atoms with Crippen molar-refractivity contribution >= 4 is 23.9 Å². The van der Waals surface area contributed by atoms with Gasteiger partial charge in [0, 0.05) is 0 Å². The lowest BCUT2D eigenvalue weighted by atomic mass is 9.79. The summed E-state index contributed by atoms with van der Waals surface area (Å²) in [7, 11) is 5.36. The van der Waals surface area contributed by atoms with Crippen molar-refractivity contribution in [2.45, 2.75) is 128 Å². The Morgan fingerprint density at radius 3 is 0.917 bits per heavy atom. The van der Waals surface area contributed by atoms with E-state index < -0.39 is 23.9 Å². The minimum atomic E-state index is -0.580. The number of fused-ring (bicyclic) bond motifs is 23. The molecule has 4 aliphatic carbocycles. The molecule has 4 aliphatic rings. The van der Waals surface area contributed by atoms with Crippen LogP contribution >= 0.6 is 0 Å². The Balaban J connectivity index is 2.15. The van der Waals surface area contributed by atoms with E-state index in [2.05, 4.69) is 0 Å². The largest absolute Gasteiger partial charge is 0.465 e. The van der Waals surface area contributed by atoms with Crippen molar-refractivity contribution in [1.29, 1.82) is 0 Å². The molecule has 0 N–H and O–H groups in total. The Labute approximate surface area is 286 Å². The molecule has 262 valence electrons. The zero-order chi connectivity index (χ0) is 34.5. The van der Waals surface area contributed by atoms with Crippen LogP contribution in [-0.2, 0) is 44.6 Å². The van der Waals surface area contributed by atoms with Crippen LogP contribution in [0, 0.1) is 0 Å². The van der Waals surface area contributed by atoms with Gasteiger partial charge >= 0.3 is 23.9 Å². The summed E-state index contributed by atoms with van der Waals surface area (Å²) in [6, 6.07) is 4.09. The Kier molecular flexibility index (Phi) is 14.5. The molecule has 8 nitrogen and oxygen atoms in total. The maximum atomic E-state index is 13.8. The molecule has 2 aromatic carbocycles. The minimum Gasteiger partial charge on any atom is -0.465 e. The molecule has 0 aliphatic heterocycles. The number of rotatable bonds is 5. The molecule has 0 amide bonds. The number of carbonyl (C=O) groups excluding carboxylic acids is 4. The van der Waals surface area contributed by atoms with Crippen molar-refractivity contribution in [1.82, 2.24) is 0 Å². The van der Waals surface area contributed by atoms with E-state index in [0.29, 0.717) is 25.7 Å². The van der Waals surface area contributed by atoms with Crippen LogP contribution in [0.2, 0.25) is 0 Å². The molecule has 4 bridgehead atoms. The van der Waals surface area contributed by atoms with Gasteiger partial charge in [0.15, 0.2) is 0 Å². The highest BCUT2D eigenvalue weighted by Gasteiger charge is 2.33. The predicted octanol–water partition coefficient (Wildman–Crippen LogP) is 8.94. The fourth-order valence-corrected chi connectivity index (χ4v) is 7.63. The molecule has 2 aromatic rings. The normalized spacial score (nSPS) is 16.7. The van der Waals surface area contributed by atoms with Crippen LogP contribution in [0.15, 0.2) is 12.1 Å². The van der Waals surface area contributed by atoms with Crippen molar-refractivity contribution in [2.24, 2.45) is 0 Å². The topological polar surface area (TPSA) is 105 Å². The summed E-state index contributed by atoms with van der Waals surface area (Å²) in [5.41, 5.74) is 5.54. The fourth-order valence-electron chi connectivity index (χ4n) is 7.63. The summed E-state index contributed by atoms with van der Waals surface area (Å²) in [4.78, 5) is 54.5. The number of esters is 4. The van der Waals surface area contributed by atoms with Crippen LogP contribution in [0.4, 0.5) is 0 Å². The van der Waals surface area contributed by atoms with Gasteiger partial charge in [-0.25, -0.2) is 19.2 Å². The Hall–Kier alpha value is -3.68. The third kappa shape index (κ3) is 8.86. The summed E-state index contributed by atoms with van der Waals surface area (Å²) in [5.74, 6) is -2.28. The summed E-state index contributed by atoms with van der Waals surface area (Å²) in [6.07, 6.45) is 18.8. The first-order valence-electron chi connectivity index (χ1n) is 18.1. The zero-order valence-electron chi connectivity index (χ0n) is 29.6. The van der Waals surface area contributed by atoms with Gasteiger partial charge in [-0.15, -0.1) is 0 Å². The smallest absolute Gasteiger partial charge is 0.339 e. The van der Waals surface area contributed by atoms with Gasteiger partial charge in [0.2, 0.25) is 0 Å². The second-order valence-electron chi connectivity index (χ2n) is 13.2. The number of hydrogen-bond acceptors (Lipinski definition) is 8. The van der Waals surface area contributed by atoms with Gasteiger partial charge in [0.25, 0.3) is 0 Å². The fraction of sp³-hybridized carbons (Fsp3) is 0.600. The van der Waals surface area contributed by atoms with E-state index in [1.54, 1.807) is 0 Å². The lowest BCUT2D eigenvalue weighted by Gasteiger charge is -2.25. The summed E-state index contributed by atoms with van der Waals surface area (Å²) in [5, 5.41) is 0. The minimum absolute atomic E-state index is 0.243. The van der Waals surface area contributed by atoms with Crippen LogP contribution in [0.3, 0.4) is 0 Å². The molecule has 0 aromatic heterocycles. The lowest BCUT2D eigenvalue weighted by Crippen LogP contribution is -2.21. The number of benzene rings is 2. The van der Waals surface area contributed by atoms with E-state index in [1.165, 1.54) is 54.1 Å². The third-order valence-electron chi connectivity index (χ3n) is 10.1. The van der Waals surface area contributed by atoms with E-state index in [-0.39, 0.29) is 22.3 Å². The van der Waals surface area contributed by atoms with Crippen molar-refractivity contribution < 1.29 is 38.1 Å². The molecule has 0 heterocycles.